The predicted molar refractivity (Wildman–Crippen MR) is 94.5 cm³/mol. The Bertz CT molecular complexity index is 895. The van der Waals surface area contributed by atoms with Crippen LogP contribution in [0, 0.1) is 10.1 Å². The summed E-state index contributed by atoms with van der Waals surface area (Å²) in [6, 6.07) is 12.9. The second kappa shape index (κ2) is 6.78. The van der Waals surface area contributed by atoms with E-state index < -0.39 is 16.1 Å². The van der Waals surface area contributed by atoms with Crippen LogP contribution in [0.15, 0.2) is 53.4 Å². The number of hydrogen-bond donors (Lipinski definition) is 0. The number of methoxy groups -OCH3 is 1. The van der Waals surface area contributed by atoms with Crippen molar-refractivity contribution in [1.82, 2.24) is 0 Å². The number of benzene rings is 2. The van der Waals surface area contributed by atoms with Crippen LogP contribution in [0.1, 0.15) is 5.56 Å². The van der Waals surface area contributed by atoms with Crippen molar-refractivity contribution in [1.29, 1.82) is 0 Å². The smallest absolute Gasteiger partial charge is 0.311 e. The van der Waals surface area contributed by atoms with Gasteiger partial charge in [-0.2, -0.15) is 0 Å². The third-order valence-electron chi connectivity index (χ3n) is 3.51. The van der Waals surface area contributed by atoms with Crippen molar-refractivity contribution in [2.75, 3.05) is 12.0 Å². The van der Waals surface area contributed by atoms with Gasteiger partial charge in [0.05, 0.1) is 22.6 Å². The summed E-state index contributed by atoms with van der Waals surface area (Å²) < 4.78 is 4.95. The van der Waals surface area contributed by atoms with Crippen LogP contribution in [0.4, 0.5) is 16.2 Å². The van der Waals surface area contributed by atoms with E-state index in [2.05, 4.69) is 0 Å². The topological polar surface area (TPSA) is 89.8 Å². The lowest BCUT2D eigenvalue weighted by atomic mass is 10.1. The maximum Gasteiger partial charge on any atom is 0.311 e. The number of nitro groups is 1. The minimum absolute atomic E-state index is 0.125. The van der Waals surface area contributed by atoms with E-state index in [9.17, 15) is 19.7 Å². The van der Waals surface area contributed by atoms with Gasteiger partial charge in [0.25, 0.3) is 11.1 Å². The molecule has 25 heavy (non-hydrogen) atoms. The summed E-state index contributed by atoms with van der Waals surface area (Å²) >= 11 is 0.793. The summed E-state index contributed by atoms with van der Waals surface area (Å²) in [5.74, 6) is -0.334. The summed E-state index contributed by atoms with van der Waals surface area (Å²) in [4.78, 5) is 36.5. The maximum absolute atomic E-state index is 12.5. The fraction of sp³-hybridized carbons (Fsp3) is 0.0588. The molecule has 3 rings (SSSR count). The Labute approximate surface area is 147 Å². The summed E-state index contributed by atoms with van der Waals surface area (Å²) in [5.41, 5.74) is 0.707. The molecule has 8 heteroatoms. The molecular weight excluding hydrogens is 344 g/mol. The summed E-state index contributed by atoms with van der Waals surface area (Å²) in [6.07, 6.45) is 1.46. The van der Waals surface area contributed by atoms with E-state index >= 15 is 0 Å². The molecule has 0 radical (unpaired) electrons. The van der Waals surface area contributed by atoms with Gasteiger partial charge in [-0.1, -0.05) is 24.3 Å². The number of thioether (sulfide) groups is 1. The molecule has 2 amide bonds. The SMILES string of the molecule is COc1ccc(/C=C2/SC(=O)N(c3ccccc3)C2=O)cc1[N+](=O)[O-]. The van der Waals surface area contributed by atoms with E-state index in [1.807, 2.05) is 0 Å². The molecule has 1 heterocycles. The highest BCUT2D eigenvalue weighted by Crippen LogP contribution is 2.36. The average Bonchev–Trinajstić information content (AvgIpc) is 2.89. The minimum atomic E-state index is -0.564. The highest BCUT2D eigenvalue weighted by atomic mass is 32.2. The lowest BCUT2D eigenvalue weighted by Crippen LogP contribution is -2.27. The molecule has 1 fully saturated rings. The fourth-order valence-electron chi connectivity index (χ4n) is 2.36. The number of hydrogen-bond acceptors (Lipinski definition) is 6. The second-order valence-electron chi connectivity index (χ2n) is 5.04. The summed E-state index contributed by atoms with van der Waals surface area (Å²) in [7, 11) is 1.34. The van der Waals surface area contributed by atoms with Crippen molar-refractivity contribution < 1.29 is 19.2 Å². The Morgan fingerprint density at radius 1 is 1.16 bits per heavy atom. The number of ether oxygens (including phenoxy) is 1. The molecule has 126 valence electrons. The Hall–Kier alpha value is -3.13. The monoisotopic (exact) mass is 356 g/mol. The number of carbonyl (C=O) groups is 2. The lowest BCUT2D eigenvalue weighted by Gasteiger charge is -2.11. The molecule has 0 spiro atoms. The molecule has 0 bridgehead atoms. The largest absolute Gasteiger partial charge is 0.490 e. The molecule has 0 saturated carbocycles. The fourth-order valence-corrected chi connectivity index (χ4v) is 3.20. The molecule has 0 aromatic heterocycles. The van der Waals surface area contributed by atoms with Crippen LogP contribution in [0.3, 0.4) is 0 Å². The van der Waals surface area contributed by atoms with Crippen LogP contribution < -0.4 is 9.64 Å². The molecule has 1 saturated heterocycles. The first-order valence-corrected chi connectivity index (χ1v) is 7.98. The number of nitro benzene ring substituents is 1. The van der Waals surface area contributed by atoms with Crippen molar-refractivity contribution in [3.05, 3.63) is 69.1 Å². The highest BCUT2D eigenvalue weighted by molar-refractivity contribution is 8.19. The van der Waals surface area contributed by atoms with E-state index in [1.54, 1.807) is 36.4 Å². The number of para-hydroxylation sites is 1. The van der Waals surface area contributed by atoms with Gasteiger partial charge in [0.2, 0.25) is 0 Å². The van der Waals surface area contributed by atoms with Crippen molar-refractivity contribution >= 4 is 40.4 Å². The first-order chi connectivity index (χ1) is 12.0. The first kappa shape index (κ1) is 16.7. The lowest BCUT2D eigenvalue weighted by molar-refractivity contribution is -0.385. The quantitative estimate of drug-likeness (QED) is 0.470. The second-order valence-corrected chi connectivity index (χ2v) is 6.03. The number of nitrogens with zero attached hydrogens (tertiary/aromatic N) is 2. The van der Waals surface area contributed by atoms with Gasteiger partial charge in [-0.25, -0.2) is 4.90 Å². The summed E-state index contributed by atoms with van der Waals surface area (Å²) in [6.45, 7) is 0. The molecule has 1 aliphatic rings. The van der Waals surface area contributed by atoms with Gasteiger partial charge >= 0.3 is 5.69 Å². The van der Waals surface area contributed by atoms with Gasteiger partial charge in [-0.15, -0.1) is 0 Å². The average molecular weight is 356 g/mol. The third kappa shape index (κ3) is 3.24. The van der Waals surface area contributed by atoms with Crippen LogP contribution in [0.2, 0.25) is 0 Å². The van der Waals surface area contributed by atoms with Gasteiger partial charge in [0, 0.05) is 6.07 Å². The van der Waals surface area contributed by atoms with Gasteiger partial charge in [0.1, 0.15) is 0 Å². The van der Waals surface area contributed by atoms with Crippen LogP contribution in [-0.4, -0.2) is 23.2 Å². The highest BCUT2D eigenvalue weighted by Gasteiger charge is 2.36. The van der Waals surface area contributed by atoms with Crippen LogP contribution in [0.25, 0.3) is 6.08 Å². The van der Waals surface area contributed by atoms with E-state index in [1.165, 1.54) is 25.3 Å². The zero-order chi connectivity index (χ0) is 18.0. The normalized spacial score (nSPS) is 15.7. The van der Waals surface area contributed by atoms with Crippen LogP contribution in [0.5, 0.6) is 5.75 Å². The Balaban J connectivity index is 1.95. The Morgan fingerprint density at radius 3 is 2.52 bits per heavy atom. The minimum Gasteiger partial charge on any atom is -0.490 e. The third-order valence-corrected chi connectivity index (χ3v) is 4.38. The molecule has 0 N–H and O–H groups in total. The van der Waals surface area contributed by atoms with Gasteiger partial charge < -0.3 is 4.74 Å². The number of amides is 2. The molecule has 2 aromatic carbocycles. The van der Waals surface area contributed by atoms with Crippen molar-refractivity contribution in [3.8, 4) is 5.75 Å². The molecule has 2 aromatic rings. The molecular formula is C17H12N2O5S. The molecule has 1 aliphatic heterocycles. The Morgan fingerprint density at radius 2 is 1.88 bits per heavy atom. The zero-order valence-electron chi connectivity index (χ0n) is 13.0. The van der Waals surface area contributed by atoms with E-state index in [-0.39, 0.29) is 16.3 Å². The predicted octanol–water partition coefficient (Wildman–Crippen LogP) is 3.84. The number of anilines is 1. The standard InChI is InChI=1S/C17H12N2O5S/c1-24-14-8-7-11(9-13(14)19(22)23)10-15-16(20)18(17(21)25-15)12-5-3-2-4-6-12/h2-10H,1H3/b15-10+. The van der Waals surface area contributed by atoms with Gasteiger partial charge in [0.15, 0.2) is 5.75 Å². The van der Waals surface area contributed by atoms with E-state index in [4.69, 9.17) is 4.74 Å². The Kier molecular flexibility index (Phi) is 4.53. The van der Waals surface area contributed by atoms with E-state index in [0.717, 1.165) is 16.7 Å². The van der Waals surface area contributed by atoms with Gasteiger partial charge in [-0.3, -0.25) is 19.7 Å². The zero-order valence-corrected chi connectivity index (χ0v) is 13.9. The van der Waals surface area contributed by atoms with Crippen molar-refractivity contribution in [3.63, 3.8) is 0 Å². The van der Waals surface area contributed by atoms with Crippen molar-refractivity contribution in [2.45, 2.75) is 0 Å². The molecule has 0 atom stereocenters. The number of carbonyl (C=O) groups excluding carboxylic acids is 2. The summed E-state index contributed by atoms with van der Waals surface area (Å²) in [5, 5.41) is 10.7. The molecule has 0 aliphatic carbocycles. The van der Waals surface area contributed by atoms with Gasteiger partial charge in [-0.05, 0) is 41.6 Å². The van der Waals surface area contributed by atoms with Crippen molar-refractivity contribution in [2.24, 2.45) is 0 Å². The maximum atomic E-state index is 12.5. The van der Waals surface area contributed by atoms with Crippen LogP contribution >= 0.6 is 11.8 Å². The van der Waals surface area contributed by atoms with E-state index in [0.29, 0.717) is 11.3 Å². The molecule has 0 unspecified atom stereocenters. The number of imide groups is 1. The van der Waals surface area contributed by atoms with Crippen LogP contribution in [-0.2, 0) is 4.79 Å². The number of rotatable bonds is 4. The molecule has 7 nitrogen and oxygen atoms in total. The first-order valence-electron chi connectivity index (χ1n) is 7.16.